The largest absolute Gasteiger partial charge is 0.461 e. The molecule has 0 radical (unpaired) electrons. The molecule has 1 heterocycles. The van der Waals surface area contributed by atoms with E-state index in [0.29, 0.717) is 6.54 Å². The molecule has 6 nitrogen and oxygen atoms in total. The average molecular weight is 253 g/mol. The van der Waals surface area contributed by atoms with Crippen LogP contribution in [0.5, 0.6) is 0 Å². The van der Waals surface area contributed by atoms with Crippen molar-refractivity contribution in [2.24, 2.45) is 11.7 Å². The highest BCUT2D eigenvalue weighted by Gasteiger charge is 2.25. The van der Waals surface area contributed by atoms with Gasteiger partial charge in [0.1, 0.15) is 12.6 Å². The van der Waals surface area contributed by atoms with Crippen LogP contribution in [0.1, 0.15) is 13.8 Å². The van der Waals surface area contributed by atoms with E-state index in [1.54, 1.807) is 0 Å². The van der Waals surface area contributed by atoms with Gasteiger partial charge in [-0.3, -0.25) is 4.79 Å². The number of amides is 1. The monoisotopic (exact) mass is 252 g/mol. The van der Waals surface area contributed by atoms with Gasteiger partial charge in [-0.05, 0) is 5.92 Å². The first-order valence-corrected chi connectivity index (χ1v) is 4.87. The van der Waals surface area contributed by atoms with Gasteiger partial charge in [0.15, 0.2) is 6.10 Å². The Morgan fingerprint density at radius 2 is 2.31 bits per heavy atom. The van der Waals surface area contributed by atoms with Crippen LogP contribution < -0.4 is 11.1 Å². The fourth-order valence-electron chi connectivity index (χ4n) is 1.07. The molecule has 0 aromatic rings. The minimum Gasteiger partial charge on any atom is -0.461 e. The minimum absolute atomic E-state index is 0. The van der Waals surface area contributed by atoms with Crippen LogP contribution in [0.4, 0.5) is 4.79 Å². The molecule has 0 aliphatic carbocycles. The van der Waals surface area contributed by atoms with E-state index in [1.807, 2.05) is 13.8 Å². The maximum atomic E-state index is 11.3. The van der Waals surface area contributed by atoms with Gasteiger partial charge >= 0.3 is 12.1 Å². The number of carbonyl (C=O) groups is 2. The normalized spacial score (nSPS) is 20.8. The van der Waals surface area contributed by atoms with Crippen molar-refractivity contribution in [2.45, 2.75) is 26.0 Å². The van der Waals surface area contributed by atoms with Crippen LogP contribution in [0.3, 0.4) is 0 Å². The van der Waals surface area contributed by atoms with Crippen molar-refractivity contribution in [1.82, 2.24) is 5.32 Å². The lowest BCUT2D eigenvalue weighted by molar-refractivity contribution is -0.148. The summed E-state index contributed by atoms with van der Waals surface area (Å²) in [5, 5.41) is 2.46. The molecular weight excluding hydrogens is 236 g/mol. The number of halogens is 1. The molecule has 0 unspecified atom stereocenters. The minimum atomic E-state index is -0.630. The maximum absolute atomic E-state index is 11.3. The first-order chi connectivity index (χ1) is 7.00. The maximum Gasteiger partial charge on any atom is 0.407 e. The summed E-state index contributed by atoms with van der Waals surface area (Å²) in [6.07, 6.45) is -0.884. The Balaban J connectivity index is 0.00000225. The summed E-state index contributed by atoms with van der Waals surface area (Å²) in [5.41, 5.74) is 5.57. The highest BCUT2D eigenvalue weighted by Crippen LogP contribution is 2.04. The number of carbonyl (C=O) groups excluding carboxylic acids is 2. The molecule has 94 valence electrons. The molecule has 3 N–H and O–H groups in total. The number of hydrogen-bond acceptors (Lipinski definition) is 5. The molecule has 1 saturated heterocycles. The lowest BCUT2D eigenvalue weighted by Gasteiger charge is -2.15. The van der Waals surface area contributed by atoms with Gasteiger partial charge in [0.05, 0.1) is 6.54 Å². The summed E-state index contributed by atoms with van der Waals surface area (Å²) >= 11 is 0. The number of esters is 1. The molecule has 16 heavy (non-hydrogen) atoms. The molecule has 1 aliphatic heterocycles. The summed E-state index contributed by atoms with van der Waals surface area (Å²) in [4.78, 5) is 22.0. The Labute approximate surface area is 100 Å². The number of ether oxygens (including phenoxy) is 2. The molecule has 7 heteroatoms. The molecule has 1 amide bonds. The third-order valence-corrected chi connectivity index (χ3v) is 2.15. The average Bonchev–Trinajstić information content (AvgIpc) is 2.59. The van der Waals surface area contributed by atoms with Gasteiger partial charge in [-0.25, -0.2) is 4.79 Å². The number of rotatable bonds is 4. The Morgan fingerprint density at radius 3 is 2.75 bits per heavy atom. The second kappa shape index (κ2) is 6.55. The predicted octanol–water partition coefficient (Wildman–Crippen LogP) is 0.0431. The van der Waals surface area contributed by atoms with Crippen LogP contribution in [0.25, 0.3) is 0 Å². The van der Waals surface area contributed by atoms with Crippen molar-refractivity contribution < 1.29 is 19.1 Å². The lowest BCUT2D eigenvalue weighted by Crippen LogP contribution is -2.38. The fourth-order valence-corrected chi connectivity index (χ4v) is 1.07. The molecule has 1 aliphatic rings. The second-order valence-electron chi connectivity index (χ2n) is 3.81. The smallest absolute Gasteiger partial charge is 0.407 e. The van der Waals surface area contributed by atoms with Gasteiger partial charge in [-0.1, -0.05) is 13.8 Å². The Morgan fingerprint density at radius 1 is 1.69 bits per heavy atom. The van der Waals surface area contributed by atoms with Gasteiger partial charge in [-0.15, -0.1) is 12.4 Å². The first-order valence-electron chi connectivity index (χ1n) is 4.87. The SMILES string of the molecule is CC(C)[C@H](N)C(=O)OC[C@@H]1CNC(=O)O1.Cl. The quantitative estimate of drug-likeness (QED) is 0.690. The van der Waals surface area contributed by atoms with E-state index < -0.39 is 24.2 Å². The van der Waals surface area contributed by atoms with Gasteiger partial charge in [0, 0.05) is 0 Å². The highest BCUT2D eigenvalue weighted by molar-refractivity contribution is 5.85. The van der Waals surface area contributed by atoms with Crippen LogP contribution in [-0.4, -0.2) is 37.4 Å². The number of hydrogen-bond donors (Lipinski definition) is 2. The Bertz CT molecular complexity index is 260. The highest BCUT2D eigenvalue weighted by atomic mass is 35.5. The number of nitrogens with one attached hydrogen (secondary N) is 1. The summed E-state index contributed by atoms with van der Waals surface area (Å²) in [6, 6.07) is -0.630. The van der Waals surface area contributed by atoms with Crippen molar-refractivity contribution in [3.05, 3.63) is 0 Å². The number of alkyl carbamates (subject to hydrolysis) is 1. The summed E-state index contributed by atoms with van der Waals surface area (Å²) < 4.78 is 9.70. The molecule has 0 aromatic carbocycles. The van der Waals surface area contributed by atoms with Gasteiger partial charge in [0.25, 0.3) is 0 Å². The number of nitrogens with two attached hydrogens (primary N) is 1. The van der Waals surface area contributed by atoms with Crippen molar-refractivity contribution in [2.75, 3.05) is 13.2 Å². The fraction of sp³-hybridized carbons (Fsp3) is 0.778. The van der Waals surface area contributed by atoms with E-state index in [0.717, 1.165) is 0 Å². The molecule has 1 fully saturated rings. The second-order valence-corrected chi connectivity index (χ2v) is 3.81. The van der Waals surface area contributed by atoms with Crippen molar-refractivity contribution >= 4 is 24.5 Å². The van der Waals surface area contributed by atoms with E-state index in [4.69, 9.17) is 15.2 Å². The molecule has 0 bridgehead atoms. The van der Waals surface area contributed by atoms with E-state index in [-0.39, 0.29) is 24.9 Å². The Kier molecular flexibility index (Phi) is 6.13. The molecule has 1 rings (SSSR count). The van der Waals surface area contributed by atoms with Crippen molar-refractivity contribution in [3.8, 4) is 0 Å². The van der Waals surface area contributed by atoms with E-state index in [9.17, 15) is 9.59 Å². The summed E-state index contributed by atoms with van der Waals surface area (Å²) in [5.74, 6) is -0.435. The third kappa shape index (κ3) is 4.24. The summed E-state index contributed by atoms with van der Waals surface area (Å²) in [6.45, 7) is 4.09. The number of cyclic esters (lactones) is 1. The first kappa shape index (κ1) is 15.0. The molecule has 0 spiro atoms. The van der Waals surface area contributed by atoms with E-state index in [1.165, 1.54) is 0 Å². The van der Waals surface area contributed by atoms with Crippen LogP contribution in [0.15, 0.2) is 0 Å². The molecule has 0 saturated carbocycles. The Hall–Kier alpha value is -1.01. The van der Waals surface area contributed by atoms with Crippen molar-refractivity contribution in [1.29, 1.82) is 0 Å². The van der Waals surface area contributed by atoms with E-state index in [2.05, 4.69) is 5.32 Å². The van der Waals surface area contributed by atoms with Crippen molar-refractivity contribution in [3.63, 3.8) is 0 Å². The third-order valence-electron chi connectivity index (χ3n) is 2.15. The zero-order valence-corrected chi connectivity index (χ0v) is 10.1. The zero-order chi connectivity index (χ0) is 11.4. The van der Waals surface area contributed by atoms with Crippen LogP contribution in [-0.2, 0) is 14.3 Å². The van der Waals surface area contributed by atoms with Crippen LogP contribution in [0, 0.1) is 5.92 Å². The molecule has 2 atom stereocenters. The van der Waals surface area contributed by atoms with Crippen LogP contribution >= 0.6 is 12.4 Å². The molecule has 0 aromatic heterocycles. The predicted molar refractivity (Wildman–Crippen MR) is 59.3 cm³/mol. The van der Waals surface area contributed by atoms with Gasteiger partial charge in [-0.2, -0.15) is 0 Å². The topological polar surface area (TPSA) is 90.7 Å². The molecular formula is C9H17ClN2O4. The van der Waals surface area contributed by atoms with Crippen LogP contribution in [0.2, 0.25) is 0 Å². The van der Waals surface area contributed by atoms with E-state index >= 15 is 0 Å². The zero-order valence-electron chi connectivity index (χ0n) is 9.26. The van der Waals surface area contributed by atoms with Gasteiger partial charge < -0.3 is 20.5 Å². The standard InChI is InChI=1S/C9H16N2O4.ClH/c1-5(2)7(10)8(12)14-4-6-3-11-9(13)15-6;/h5-7H,3-4,10H2,1-2H3,(H,11,13);1H/t6-,7-;/m0./s1. The van der Waals surface area contributed by atoms with Gasteiger partial charge in [0.2, 0.25) is 0 Å². The summed E-state index contributed by atoms with van der Waals surface area (Å²) in [7, 11) is 0. The lowest BCUT2D eigenvalue weighted by atomic mass is 10.1.